The minimum absolute atomic E-state index is 0.151. The van der Waals surface area contributed by atoms with Gasteiger partial charge in [0.25, 0.3) is 5.91 Å². The molecule has 0 bridgehead atoms. The van der Waals surface area contributed by atoms with Crippen molar-refractivity contribution in [1.82, 2.24) is 0 Å². The molecule has 0 saturated carbocycles. The first-order chi connectivity index (χ1) is 14.1. The summed E-state index contributed by atoms with van der Waals surface area (Å²) in [6.45, 7) is 0. The highest BCUT2D eigenvalue weighted by Crippen LogP contribution is 2.34. The van der Waals surface area contributed by atoms with Crippen molar-refractivity contribution < 1.29 is 35.5 Å². The lowest BCUT2D eigenvalue weighted by atomic mass is 9.98. The van der Waals surface area contributed by atoms with Gasteiger partial charge >= 0.3 is 6.18 Å². The van der Waals surface area contributed by atoms with E-state index in [0.29, 0.717) is 6.07 Å². The van der Waals surface area contributed by atoms with E-state index >= 15 is 0 Å². The zero-order chi connectivity index (χ0) is 22.1. The van der Waals surface area contributed by atoms with Crippen LogP contribution in [0.3, 0.4) is 0 Å². The summed E-state index contributed by atoms with van der Waals surface area (Å²) in [6.07, 6.45) is -5.32. The average molecular weight is 427 g/mol. The maximum atomic E-state index is 14.4. The van der Waals surface area contributed by atoms with E-state index < -0.39 is 52.9 Å². The molecule has 3 aromatic rings. The summed E-state index contributed by atoms with van der Waals surface area (Å²) in [6, 6.07) is 7.99. The van der Waals surface area contributed by atoms with Crippen molar-refractivity contribution in [3.63, 3.8) is 0 Å². The van der Waals surface area contributed by atoms with E-state index in [1.807, 2.05) is 0 Å². The summed E-state index contributed by atoms with van der Waals surface area (Å²) in [5.74, 6) is -5.42. The summed E-state index contributed by atoms with van der Waals surface area (Å²) in [4.78, 5) is 12.1. The molecule has 0 heterocycles. The van der Waals surface area contributed by atoms with Crippen molar-refractivity contribution in [2.24, 2.45) is 0 Å². The minimum atomic E-state index is -4.83. The van der Waals surface area contributed by atoms with Crippen molar-refractivity contribution in [3.05, 3.63) is 100 Å². The quantitative estimate of drug-likeness (QED) is 0.501. The molecule has 0 atom stereocenters. The zero-order valence-electron chi connectivity index (χ0n) is 15.0. The fourth-order valence-electron chi connectivity index (χ4n) is 2.85. The Morgan fingerprint density at radius 2 is 1.43 bits per heavy atom. The van der Waals surface area contributed by atoms with Crippen LogP contribution in [0.5, 0.6) is 0 Å². The normalized spacial score (nSPS) is 11.4. The molecule has 0 saturated heterocycles. The SMILES string of the molecule is O=C(Nc1ccc(Cc2ccc(F)cc2C(F)(F)F)c(F)c1)c1c(F)cccc1F. The fourth-order valence-corrected chi connectivity index (χ4v) is 2.85. The summed E-state index contributed by atoms with van der Waals surface area (Å²) >= 11 is 0. The molecule has 3 aromatic carbocycles. The van der Waals surface area contributed by atoms with Gasteiger partial charge in [-0.1, -0.05) is 18.2 Å². The van der Waals surface area contributed by atoms with Crippen LogP contribution in [0.2, 0.25) is 0 Å². The topological polar surface area (TPSA) is 29.1 Å². The zero-order valence-corrected chi connectivity index (χ0v) is 15.0. The van der Waals surface area contributed by atoms with Crippen LogP contribution in [0.4, 0.5) is 36.4 Å². The van der Waals surface area contributed by atoms with E-state index in [1.165, 1.54) is 6.07 Å². The Labute approximate surface area is 166 Å². The molecule has 0 aromatic heterocycles. The Morgan fingerprint density at radius 3 is 2.03 bits per heavy atom. The molecule has 0 radical (unpaired) electrons. The Morgan fingerprint density at radius 1 is 0.800 bits per heavy atom. The number of rotatable bonds is 4. The van der Waals surface area contributed by atoms with Crippen molar-refractivity contribution in [1.29, 1.82) is 0 Å². The lowest BCUT2D eigenvalue weighted by Crippen LogP contribution is -2.16. The van der Waals surface area contributed by atoms with Gasteiger partial charge in [-0.15, -0.1) is 0 Å². The standard InChI is InChI=1S/C21H12F7NO/c22-13-6-4-11(15(9-13)21(26,27)28)8-12-5-7-14(10-18(12)25)29-20(30)19-16(23)2-1-3-17(19)24/h1-7,9-10H,8H2,(H,29,30). The second kappa shape index (κ2) is 8.17. The first-order valence-corrected chi connectivity index (χ1v) is 8.45. The van der Waals surface area contributed by atoms with Gasteiger partial charge in [0.05, 0.1) is 5.56 Å². The van der Waals surface area contributed by atoms with Gasteiger partial charge in [-0.25, -0.2) is 17.6 Å². The molecule has 0 aliphatic heterocycles. The summed E-state index contributed by atoms with van der Waals surface area (Å²) in [5.41, 5.74) is -2.73. The average Bonchev–Trinajstić information content (AvgIpc) is 2.64. The van der Waals surface area contributed by atoms with Gasteiger partial charge in [0.15, 0.2) is 0 Å². The number of hydrogen-bond acceptors (Lipinski definition) is 1. The minimum Gasteiger partial charge on any atom is -0.322 e. The van der Waals surface area contributed by atoms with E-state index in [4.69, 9.17) is 0 Å². The van der Waals surface area contributed by atoms with Crippen molar-refractivity contribution in [2.45, 2.75) is 12.6 Å². The second-order valence-corrected chi connectivity index (χ2v) is 6.33. The summed E-state index contributed by atoms with van der Waals surface area (Å²) < 4.78 is 94.2. The maximum absolute atomic E-state index is 14.4. The van der Waals surface area contributed by atoms with Crippen LogP contribution in [0.1, 0.15) is 27.0 Å². The Hall–Kier alpha value is -3.36. The lowest BCUT2D eigenvalue weighted by molar-refractivity contribution is -0.138. The molecule has 0 fully saturated rings. The van der Waals surface area contributed by atoms with Crippen LogP contribution in [0, 0.1) is 23.3 Å². The van der Waals surface area contributed by atoms with Crippen molar-refractivity contribution in [3.8, 4) is 0 Å². The van der Waals surface area contributed by atoms with Gasteiger partial charge in [-0.05, 0) is 47.5 Å². The number of anilines is 1. The van der Waals surface area contributed by atoms with E-state index in [0.717, 1.165) is 42.5 Å². The number of nitrogens with one attached hydrogen (secondary N) is 1. The molecule has 9 heteroatoms. The smallest absolute Gasteiger partial charge is 0.322 e. The molecule has 2 nitrogen and oxygen atoms in total. The number of alkyl halides is 3. The molecular formula is C21H12F7NO. The van der Waals surface area contributed by atoms with Crippen LogP contribution < -0.4 is 5.32 Å². The predicted octanol–water partition coefficient (Wildman–Crippen LogP) is 6.10. The third-order valence-electron chi connectivity index (χ3n) is 4.26. The summed E-state index contributed by atoms with van der Waals surface area (Å²) in [7, 11) is 0. The van der Waals surface area contributed by atoms with Gasteiger partial charge < -0.3 is 5.32 Å². The first kappa shape index (κ1) is 21.4. The highest BCUT2D eigenvalue weighted by molar-refractivity contribution is 6.04. The van der Waals surface area contributed by atoms with Gasteiger partial charge in [0, 0.05) is 12.1 Å². The van der Waals surface area contributed by atoms with Crippen LogP contribution in [0.25, 0.3) is 0 Å². The largest absolute Gasteiger partial charge is 0.416 e. The Kier molecular flexibility index (Phi) is 5.82. The van der Waals surface area contributed by atoms with Crippen LogP contribution in [-0.2, 0) is 12.6 Å². The number of hydrogen-bond donors (Lipinski definition) is 1. The Bertz CT molecular complexity index is 1090. The van der Waals surface area contributed by atoms with Gasteiger partial charge in [0.1, 0.15) is 28.8 Å². The molecule has 0 aliphatic rings. The third-order valence-corrected chi connectivity index (χ3v) is 4.26. The van der Waals surface area contributed by atoms with Crippen molar-refractivity contribution in [2.75, 3.05) is 5.32 Å². The van der Waals surface area contributed by atoms with Crippen molar-refractivity contribution >= 4 is 11.6 Å². The fraction of sp³-hybridized carbons (Fsp3) is 0.0952. The second-order valence-electron chi connectivity index (χ2n) is 6.33. The molecular weight excluding hydrogens is 415 g/mol. The monoisotopic (exact) mass is 427 g/mol. The molecule has 1 N–H and O–H groups in total. The van der Waals surface area contributed by atoms with Gasteiger partial charge in [-0.3, -0.25) is 4.79 Å². The van der Waals surface area contributed by atoms with Crippen LogP contribution in [0.15, 0.2) is 54.6 Å². The van der Waals surface area contributed by atoms with E-state index in [9.17, 15) is 35.5 Å². The lowest BCUT2D eigenvalue weighted by Gasteiger charge is -2.14. The Balaban J connectivity index is 1.84. The highest BCUT2D eigenvalue weighted by Gasteiger charge is 2.33. The molecule has 0 unspecified atom stereocenters. The number of carbonyl (C=O) groups is 1. The van der Waals surface area contributed by atoms with Crippen LogP contribution >= 0.6 is 0 Å². The highest BCUT2D eigenvalue weighted by atomic mass is 19.4. The van der Waals surface area contributed by atoms with E-state index in [-0.39, 0.29) is 16.8 Å². The van der Waals surface area contributed by atoms with Crippen LogP contribution in [-0.4, -0.2) is 5.91 Å². The number of carbonyl (C=O) groups excluding carboxylic acids is 1. The van der Waals surface area contributed by atoms with E-state index in [1.54, 1.807) is 0 Å². The number of halogens is 7. The number of amides is 1. The molecule has 1 amide bonds. The molecule has 0 spiro atoms. The maximum Gasteiger partial charge on any atom is 0.416 e. The first-order valence-electron chi connectivity index (χ1n) is 8.45. The summed E-state index contributed by atoms with van der Waals surface area (Å²) in [5, 5.41) is 2.13. The van der Waals surface area contributed by atoms with E-state index in [2.05, 4.69) is 5.32 Å². The van der Waals surface area contributed by atoms with Gasteiger partial charge in [0.2, 0.25) is 0 Å². The molecule has 0 aliphatic carbocycles. The van der Waals surface area contributed by atoms with Gasteiger partial charge in [-0.2, -0.15) is 13.2 Å². The molecule has 156 valence electrons. The molecule has 3 rings (SSSR count). The predicted molar refractivity (Wildman–Crippen MR) is 94.9 cm³/mol. The number of benzene rings is 3. The third kappa shape index (κ3) is 4.61. The molecule has 30 heavy (non-hydrogen) atoms.